The van der Waals surface area contributed by atoms with Gasteiger partial charge in [0.25, 0.3) is 5.91 Å². The smallest absolute Gasteiger partial charge is 0.339 e. The standard InChI is InChI=1S/C16H19N3O4S2/c1-10(13(20)19-15(22)17-2)23-14(21)12-6-4-3-5-11(12)9-25-16-18-7-8-24-16/h3-6,10H,7-9H2,1-2H3,(H2,17,19,20,22)/t10-/m1/s1. The summed E-state index contributed by atoms with van der Waals surface area (Å²) >= 11 is 3.28. The maximum atomic E-state index is 12.4. The number of rotatable bonds is 5. The second-order valence-electron chi connectivity index (χ2n) is 5.06. The second-order valence-corrected chi connectivity index (χ2v) is 7.36. The van der Waals surface area contributed by atoms with Crippen molar-refractivity contribution in [3.05, 3.63) is 35.4 Å². The summed E-state index contributed by atoms with van der Waals surface area (Å²) in [6, 6.07) is 6.43. The zero-order chi connectivity index (χ0) is 18.2. The third kappa shape index (κ3) is 5.79. The van der Waals surface area contributed by atoms with Crippen LogP contribution in [-0.2, 0) is 15.3 Å². The van der Waals surface area contributed by atoms with E-state index in [4.69, 9.17) is 4.74 Å². The number of carbonyl (C=O) groups is 3. The molecule has 0 aliphatic carbocycles. The molecule has 0 radical (unpaired) electrons. The number of esters is 1. The van der Waals surface area contributed by atoms with E-state index in [1.807, 2.05) is 12.1 Å². The van der Waals surface area contributed by atoms with E-state index in [2.05, 4.69) is 15.6 Å². The molecule has 0 saturated heterocycles. The molecule has 134 valence electrons. The maximum absolute atomic E-state index is 12.4. The van der Waals surface area contributed by atoms with Gasteiger partial charge in [0.15, 0.2) is 6.10 Å². The van der Waals surface area contributed by atoms with Gasteiger partial charge in [0.2, 0.25) is 0 Å². The number of carbonyl (C=O) groups excluding carboxylic acids is 3. The first kappa shape index (κ1) is 19.3. The number of nitrogens with zero attached hydrogens (tertiary/aromatic N) is 1. The Morgan fingerprint density at radius 1 is 1.36 bits per heavy atom. The number of imide groups is 1. The van der Waals surface area contributed by atoms with Gasteiger partial charge in [0.05, 0.1) is 12.1 Å². The summed E-state index contributed by atoms with van der Waals surface area (Å²) in [5.41, 5.74) is 1.21. The average molecular weight is 381 g/mol. The Bertz CT molecular complexity index is 694. The summed E-state index contributed by atoms with van der Waals surface area (Å²) in [5, 5.41) is 4.34. The van der Waals surface area contributed by atoms with Gasteiger partial charge in [0, 0.05) is 18.6 Å². The zero-order valence-electron chi connectivity index (χ0n) is 13.9. The molecule has 0 spiro atoms. The highest BCUT2D eigenvalue weighted by molar-refractivity contribution is 8.38. The lowest BCUT2D eigenvalue weighted by Gasteiger charge is -2.14. The summed E-state index contributed by atoms with van der Waals surface area (Å²) < 4.78 is 6.20. The number of amides is 3. The van der Waals surface area contributed by atoms with Crippen molar-refractivity contribution in [1.29, 1.82) is 0 Å². The van der Waals surface area contributed by atoms with Crippen LogP contribution in [0.25, 0.3) is 0 Å². The minimum Gasteiger partial charge on any atom is -0.449 e. The van der Waals surface area contributed by atoms with Gasteiger partial charge in [-0.25, -0.2) is 9.59 Å². The van der Waals surface area contributed by atoms with Gasteiger partial charge in [0.1, 0.15) is 4.38 Å². The molecule has 7 nitrogen and oxygen atoms in total. The molecular formula is C16H19N3O4S2. The van der Waals surface area contributed by atoms with Crippen molar-refractivity contribution in [3.63, 3.8) is 0 Å². The largest absolute Gasteiger partial charge is 0.449 e. The van der Waals surface area contributed by atoms with Crippen molar-refractivity contribution in [3.8, 4) is 0 Å². The second kappa shape index (κ2) is 9.47. The van der Waals surface area contributed by atoms with Crippen molar-refractivity contribution >= 4 is 45.8 Å². The van der Waals surface area contributed by atoms with Crippen LogP contribution in [0.5, 0.6) is 0 Å². The van der Waals surface area contributed by atoms with Crippen LogP contribution in [0.1, 0.15) is 22.8 Å². The molecule has 3 amide bonds. The number of urea groups is 1. The molecule has 0 fully saturated rings. The third-order valence-corrected chi connectivity index (χ3v) is 5.56. The summed E-state index contributed by atoms with van der Waals surface area (Å²) in [7, 11) is 1.39. The van der Waals surface area contributed by atoms with Crippen molar-refractivity contribution in [2.75, 3.05) is 19.3 Å². The normalized spacial score (nSPS) is 14.4. The molecule has 0 aromatic heterocycles. The molecule has 1 aromatic carbocycles. The van der Waals surface area contributed by atoms with E-state index in [9.17, 15) is 14.4 Å². The molecule has 0 saturated carbocycles. The van der Waals surface area contributed by atoms with Crippen LogP contribution in [-0.4, -0.2) is 47.7 Å². The molecule has 0 bridgehead atoms. The fraction of sp³-hybridized carbons (Fsp3) is 0.375. The molecule has 1 aromatic rings. The van der Waals surface area contributed by atoms with E-state index in [-0.39, 0.29) is 0 Å². The minimum absolute atomic E-state index is 0.401. The monoisotopic (exact) mass is 381 g/mol. The maximum Gasteiger partial charge on any atom is 0.339 e. The van der Waals surface area contributed by atoms with Gasteiger partial charge in [-0.3, -0.25) is 15.1 Å². The number of benzene rings is 1. The predicted molar refractivity (Wildman–Crippen MR) is 100.0 cm³/mol. The SMILES string of the molecule is CNC(=O)NC(=O)[C@@H](C)OC(=O)c1ccccc1CSC1=NCCS1. The van der Waals surface area contributed by atoms with Crippen molar-refractivity contribution in [1.82, 2.24) is 10.6 Å². The molecule has 1 atom stereocenters. The summed E-state index contributed by atoms with van der Waals surface area (Å²) in [5.74, 6) is 0.299. The van der Waals surface area contributed by atoms with Crippen molar-refractivity contribution in [2.45, 2.75) is 18.8 Å². The van der Waals surface area contributed by atoms with E-state index in [1.54, 1.807) is 35.7 Å². The number of hydrogen-bond acceptors (Lipinski definition) is 7. The predicted octanol–water partition coefficient (Wildman–Crippen LogP) is 2.02. The fourth-order valence-electron chi connectivity index (χ4n) is 1.94. The highest BCUT2D eigenvalue weighted by Gasteiger charge is 2.22. The van der Waals surface area contributed by atoms with E-state index in [1.165, 1.54) is 14.0 Å². The molecule has 25 heavy (non-hydrogen) atoms. The van der Waals surface area contributed by atoms with Gasteiger partial charge >= 0.3 is 12.0 Å². The van der Waals surface area contributed by atoms with Crippen LogP contribution >= 0.6 is 23.5 Å². The zero-order valence-corrected chi connectivity index (χ0v) is 15.5. The van der Waals surface area contributed by atoms with Gasteiger partial charge < -0.3 is 10.1 Å². The Morgan fingerprint density at radius 3 is 2.80 bits per heavy atom. The number of thioether (sulfide) groups is 2. The molecular weight excluding hydrogens is 362 g/mol. The van der Waals surface area contributed by atoms with Gasteiger partial charge in [-0.2, -0.15) is 0 Å². The van der Waals surface area contributed by atoms with Gasteiger partial charge in [-0.1, -0.05) is 41.7 Å². The average Bonchev–Trinajstić information content (AvgIpc) is 3.13. The summed E-state index contributed by atoms with van der Waals surface area (Å²) in [6.07, 6.45) is -1.08. The van der Waals surface area contributed by atoms with Crippen LogP contribution in [0.4, 0.5) is 4.79 Å². The quantitative estimate of drug-likeness (QED) is 0.758. The van der Waals surface area contributed by atoms with Crippen LogP contribution in [0.15, 0.2) is 29.3 Å². The summed E-state index contributed by atoms with van der Waals surface area (Å²) in [4.78, 5) is 39.7. The van der Waals surface area contributed by atoms with Crippen LogP contribution in [0.2, 0.25) is 0 Å². The summed E-state index contributed by atoms with van der Waals surface area (Å²) in [6.45, 7) is 2.24. The Balaban J connectivity index is 1.98. The molecule has 1 heterocycles. The first-order chi connectivity index (χ1) is 12.0. The number of aliphatic imine (C=N–C) groups is 1. The minimum atomic E-state index is -1.08. The molecule has 9 heteroatoms. The van der Waals surface area contributed by atoms with Crippen LogP contribution in [0.3, 0.4) is 0 Å². The third-order valence-electron chi connectivity index (χ3n) is 3.26. The Labute approximate surface area is 154 Å². The van der Waals surface area contributed by atoms with Gasteiger partial charge in [-0.05, 0) is 18.6 Å². The number of hydrogen-bond donors (Lipinski definition) is 2. The number of nitrogens with one attached hydrogen (secondary N) is 2. The molecule has 1 aliphatic rings. The molecule has 2 rings (SSSR count). The van der Waals surface area contributed by atoms with Crippen molar-refractivity contribution < 1.29 is 19.1 Å². The van der Waals surface area contributed by atoms with Crippen LogP contribution < -0.4 is 10.6 Å². The Morgan fingerprint density at radius 2 is 2.12 bits per heavy atom. The topological polar surface area (TPSA) is 96.9 Å². The fourth-order valence-corrected chi connectivity index (χ4v) is 3.95. The molecule has 0 unspecified atom stereocenters. The van der Waals surface area contributed by atoms with E-state index >= 15 is 0 Å². The highest BCUT2D eigenvalue weighted by atomic mass is 32.2. The lowest BCUT2D eigenvalue weighted by molar-refractivity contribution is -0.127. The lowest BCUT2D eigenvalue weighted by atomic mass is 10.1. The van der Waals surface area contributed by atoms with Crippen LogP contribution in [0, 0.1) is 0 Å². The highest BCUT2D eigenvalue weighted by Crippen LogP contribution is 2.26. The van der Waals surface area contributed by atoms with Crippen molar-refractivity contribution in [2.24, 2.45) is 4.99 Å². The first-order valence-electron chi connectivity index (χ1n) is 7.62. The first-order valence-corrected chi connectivity index (χ1v) is 9.60. The van der Waals surface area contributed by atoms with E-state index in [0.29, 0.717) is 11.3 Å². The number of ether oxygens (including phenoxy) is 1. The van der Waals surface area contributed by atoms with E-state index in [0.717, 1.165) is 22.2 Å². The Hall–Kier alpha value is -2.00. The Kier molecular flexibility index (Phi) is 7.32. The van der Waals surface area contributed by atoms with Gasteiger partial charge in [-0.15, -0.1) is 0 Å². The van der Waals surface area contributed by atoms with E-state index < -0.39 is 24.0 Å². The molecule has 2 N–H and O–H groups in total. The molecule has 1 aliphatic heterocycles. The lowest BCUT2D eigenvalue weighted by Crippen LogP contribution is -2.43.